The van der Waals surface area contributed by atoms with Gasteiger partial charge in [0.15, 0.2) is 0 Å². The van der Waals surface area contributed by atoms with Gasteiger partial charge in [-0.05, 0) is 31.7 Å². The largest absolute Gasteiger partial charge is 0.380 e. The average molecular weight is 280 g/mol. The molecule has 0 bridgehead atoms. The molecule has 1 N–H and O–H groups in total. The van der Waals surface area contributed by atoms with Crippen LogP contribution in [0.3, 0.4) is 0 Å². The number of benzene rings is 1. The highest BCUT2D eigenvalue weighted by atomic mass is 15.1. The lowest BCUT2D eigenvalue weighted by Gasteiger charge is -2.23. The lowest BCUT2D eigenvalue weighted by molar-refractivity contribution is 0.316. The second-order valence-electron chi connectivity index (χ2n) is 5.27. The van der Waals surface area contributed by atoms with Crippen LogP contribution in [0.2, 0.25) is 0 Å². The topological polar surface area (TPSA) is 52.0 Å². The summed E-state index contributed by atoms with van der Waals surface area (Å²) in [5, 5.41) is 12.1. The van der Waals surface area contributed by atoms with Crippen molar-refractivity contribution < 1.29 is 0 Å². The standard InChI is InChI=1S/C17H20N4/c1-14(20-17-9-8-16(10-18)19-11-17)12-21(2)13-15-6-4-3-5-7-15/h3-9,11,14,20H,12-13H2,1-2H3. The number of pyridine rings is 1. The number of rotatable bonds is 6. The van der Waals surface area contributed by atoms with Crippen LogP contribution in [-0.2, 0) is 6.54 Å². The van der Waals surface area contributed by atoms with Gasteiger partial charge in [0, 0.05) is 19.1 Å². The molecule has 0 radical (unpaired) electrons. The maximum Gasteiger partial charge on any atom is 0.140 e. The fourth-order valence-corrected chi connectivity index (χ4v) is 2.30. The molecule has 0 aliphatic carbocycles. The molecule has 4 nitrogen and oxygen atoms in total. The molecule has 1 aromatic heterocycles. The number of anilines is 1. The summed E-state index contributed by atoms with van der Waals surface area (Å²) in [5.41, 5.74) is 2.69. The molecule has 4 heteroatoms. The Kier molecular flexibility index (Phi) is 5.30. The predicted octanol–water partition coefficient (Wildman–Crippen LogP) is 2.89. The van der Waals surface area contributed by atoms with Crippen molar-refractivity contribution in [3.8, 4) is 6.07 Å². The molecule has 1 aromatic carbocycles. The third-order valence-electron chi connectivity index (χ3n) is 3.17. The van der Waals surface area contributed by atoms with Gasteiger partial charge in [0.1, 0.15) is 11.8 Å². The lowest BCUT2D eigenvalue weighted by Crippen LogP contribution is -2.32. The lowest BCUT2D eigenvalue weighted by atomic mass is 10.2. The average Bonchev–Trinajstić information content (AvgIpc) is 2.48. The Labute approximate surface area is 126 Å². The van der Waals surface area contributed by atoms with Crippen molar-refractivity contribution in [1.82, 2.24) is 9.88 Å². The first kappa shape index (κ1) is 15.0. The minimum atomic E-state index is 0.299. The second-order valence-corrected chi connectivity index (χ2v) is 5.27. The first-order valence-electron chi connectivity index (χ1n) is 7.02. The molecule has 0 aliphatic rings. The van der Waals surface area contributed by atoms with E-state index in [1.807, 2.05) is 18.2 Å². The summed E-state index contributed by atoms with van der Waals surface area (Å²) in [5.74, 6) is 0. The number of nitrogens with zero attached hydrogens (tertiary/aromatic N) is 3. The van der Waals surface area contributed by atoms with Crippen molar-refractivity contribution in [2.75, 3.05) is 18.9 Å². The van der Waals surface area contributed by atoms with Gasteiger partial charge in [0.25, 0.3) is 0 Å². The third kappa shape index (κ3) is 4.90. The zero-order valence-corrected chi connectivity index (χ0v) is 12.5. The monoisotopic (exact) mass is 280 g/mol. The van der Waals surface area contributed by atoms with Crippen LogP contribution in [-0.4, -0.2) is 29.5 Å². The summed E-state index contributed by atoms with van der Waals surface area (Å²) in [7, 11) is 2.11. The van der Waals surface area contributed by atoms with Gasteiger partial charge < -0.3 is 10.2 Å². The SMILES string of the molecule is CC(CN(C)Cc1ccccc1)Nc1ccc(C#N)nc1. The van der Waals surface area contributed by atoms with E-state index in [0.717, 1.165) is 18.8 Å². The van der Waals surface area contributed by atoms with Gasteiger partial charge in [-0.25, -0.2) is 4.98 Å². The Morgan fingerprint density at radius 1 is 1.24 bits per heavy atom. The molecule has 0 aliphatic heterocycles. The maximum absolute atomic E-state index is 8.73. The van der Waals surface area contributed by atoms with E-state index < -0.39 is 0 Å². The normalized spacial score (nSPS) is 11.9. The fourth-order valence-electron chi connectivity index (χ4n) is 2.30. The van der Waals surface area contributed by atoms with Crippen molar-refractivity contribution in [1.29, 1.82) is 5.26 Å². The van der Waals surface area contributed by atoms with Gasteiger partial charge in [-0.3, -0.25) is 0 Å². The predicted molar refractivity (Wildman–Crippen MR) is 84.8 cm³/mol. The van der Waals surface area contributed by atoms with E-state index in [9.17, 15) is 0 Å². The zero-order chi connectivity index (χ0) is 15.1. The number of aromatic nitrogens is 1. The van der Waals surface area contributed by atoms with Crippen molar-refractivity contribution in [3.05, 3.63) is 59.9 Å². The molecule has 0 fully saturated rings. The van der Waals surface area contributed by atoms with Crippen molar-refractivity contribution in [2.24, 2.45) is 0 Å². The van der Waals surface area contributed by atoms with Crippen molar-refractivity contribution in [2.45, 2.75) is 19.5 Å². The van der Waals surface area contributed by atoms with E-state index in [2.05, 4.69) is 53.4 Å². The molecule has 0 spiro atoms. The van der Waals surface area contributed by atoms with Gasteiger partial charge >= 0.3 is 0 Å². The van der Waals surface area contributed by atoms with Gasteiger partial charge in [0.05, 0.1) is 11.9 Å². The van der Waals surface area contributed by atoms with Crippen LogP contribution in [0.4, 0.5) is 5.69 Å². The van der Waals surface area contributed by atoms with Crippen LogP contribution >= 0.6 is 0 Å². The van der Waals surface area contributed by atoms with Crippen molar-refractivity contribution in [3.63, 3.8) is 0 Å². The molecule has 1 heterocycles. The summed E-state index contributed by atoms with van der Waals surface area (Å²) in [4.78, 5) is 6.34. The Bertz CT molecular complexity index is 586. The van der Waals surface area contributed by atoms with Gasteiger partial charge in [-0.2, -0.15) is 5.26 Å². The second kappa shape index (κ2) is 7.41. The molecule has 21 heavy (non-hydrogen) atoms. The molecule has 1 atom stereocenters. The van der Waals surface area contributed by atoms with E-state index in [1.54, 1.807) is 12.3 Å². The summed E-state index contributed by atoms with van der Waals surface area (Å²) in [6.45, 7) is 3.99. The number of hydrogen-bond donors (Lipinski definition) is 1. The Morgan fingerprint density at radius 2 is 2.00 bits per heavy atom. The Morgan fingerprint density at radius 3 is 2.62 bits per heavy atom. The molecule has 0 amide bonds. The van der Waals surface area contributed by atoms with Crippen LogP contribution in [0.1, 0.15) is 18.2 Å². The Hall–Kier alpha value is -2.38. The number of nitrogens with one attached hydrogen (secondary N) is 1. The number of hydrogen-bond acceptors (Lipinski definition) is 4. The van der Waals surface area contributed by atoms with E-state index >= 15 is 0 Å². The quantitative estimate of drug-likeness (QED) is 0.884. The zero-order valence-electron chi connectivity index (χ0n) is 12.5. The minimum Gasteiger partial charge on any atom is -0.380 e. The molecule has 108 valence electrons. The highest BCUT2D eigenvalue weighted by molar-refractivity contribution is 5.43. The summed E-state index contributed by atoms with van der Waals surface area (Å²) >= 11 is 0. The fraction of sp³-hybridized carbons (Fsp3) is 0.294. The van der Waals surface area contributed by atoms with Crippen molar-refractivity contribution >= 4 is 5.69 Å². The smallest absolute Gasteiger partial charge is 0.140 e. The molecule has 0 saturated carbocycles. The first-order chi connectivity index (χ1) is 10.2. The highest BCUT2D eigenvalue weighted by Crippen LogP contribution is 2.09. The highest BCUT2D eigenvalue weighted by Gasteiger charge is 2.07. The van der Waals surface area contributed by atoms with Crippen LogP contribution in [0.5, 0.6) is 0 Å². The van der Waals surface area contributed by atoms with E-state index in [4.69, 9.17) is 5.26 Å². The molecule has 2 rings (SSSR count). The molecule has 1 unspecified atom stereocenters. The summed E-state index contributed by atoms with van der Waals surface area (Å²) < 4.78 is 0. The Balaban J connectivity index is 1.83. The van der Waals surface area contributed by atoms with Crippen LogP contribution in [0.25, 0.3) is 0 Å². The van der Waals surface area contributed by atoms with Gasteiger partial charge in [-0.15, -0.1) is 0 Å². The van der Waals surface area contributed by atoms with Crippen LogP contribution in [0, 0.1) is 11.3 Å². The molecular weight excluding hydrogens is 260 g/mol. The van der Waals surface area contributed by atoms with Gasteiger partial charge in [0.2, 0.25) is 0 Å². The molecular formula is C17H20N4. The summed E-state index contributed by atoms with van der Waals surface area (Å²) in [6, 6.07) is 16.4. The van der Waals surface area contributed by atoms with E-state index in [0.29, 0.717) is 11.7 Å². The van der Waals surface area contributed by atoms with Crippen LogP contribution in [0.15, 0.2) is 48.7 Å². The number of likely N-dealkylation sites (N-methyl/N-ethyl adjacent to an activating group) is 1. The maximum atomic E-state index is 8.73. The summed E-state index contributed by atoms with van der Waals surface area (Å²) in [6.07, 6.45) is 1.70. The van der Waals surface area contributed by atoms with E-state index in [1.165, 1.54) is 5.56 Å². The third-order valence-corrected chi connectivity index (χ3v) is 3.17. The van der Waals surface area contributed by atoms with Gasteiger partial charge in [-0.1, -0.05) is 30.3 Å². The number of nitriles is 1. The molecule has 0 saturated heterocycles. The van der Waals surface area contributed by atoms with E-state index in [-0.39, 0.29) is 0 Å². The first-order valence-corrected chi connectivity index (χ1v) is 7.02. The minimum absolute atomic E-state index is 0.299. The van der Waals surface area contributed by atoms with Crippen LogP contribution < -0.4 is 5.32 Å². The molecule has 2 aromatic rings.